The van der Waals surface area contributed by atoms with Gasteiger partial charge in [0.2, 0.25) is 11.7 Å². The molecule has 4 aromatic rings. The van der Waals surface area contributed by atoms with Crippen molar-refractivity contribution in [1.82, 2.24) is 19.7 Å². The Hall–Kier alpha value is -3.06. The van der Waals surface area contributed by atoms with Crippen LogP contribution < -0.4 is 4.74 Å². The lowest BCUT2D eigenvalue weighted by Crippen LogP contribution is -1.97. The van der Waals surface area contributed by atoms with E-state index in [4.69, 9.17) is 9.26 Å². The standard InChI is InChI=1S/C21H20N4O2S/c1-14-8-9-16(12-15(14)2)25-11-10-22-21(25)28-13-19-23-20(24-27-19)17-6-4-5-7-18(17)26-3/h4-12H,13H2,1-3H3. The second-order valence-corrected chi connectivity index (χ2v) is 7.29. The van der Waals surface area contributed by atoms with E-state index in [0.717, 1.165) is 16.4 Å². The maximum absolute atomic E-state index is 5.42. The molecule has 0 spiro atoms. The Labute approximate surface area is 167 Å². The normalized spacial score (nSPS) is 11.0. The number of hydrogen-bond donors (Lipinski definition) is 0. The van der Waals surface area contributed by atoms with Gasteiger partial charge in [-0.15, -0.1) is 0 Å². The fourth-order valence-corrected chi connectivity index (χ4v) is 3.66. The largest absolute Gasteiger partial charge is 0.496 e. The van der Waals surface area contributed by atoms with E-state index in [1.165, 1.54) is 11.1 Å². The van der Waals surface area contributed by atoms with E-state index in [2.05, 4.69) is 51.7 Å². The molecule has 0 aliphatic heterocycles. The topological polar surface area (TPSA) is 66.0 Å². The average Bonchev–Trinajstić information content (AvgIpc) is 3.38. The molecule has 28 heavy (non-hydrogen) atoms. The van der Waals surface area contributed by atoms with Crippen LogP contribution in [-0.4, -0.2) is 26.8 Å². The van der Waals surface area contributed by atoms with Crippen LogP contribution in [0.5, 0.6) is 5.75 Å². The highest BCUT2D eigenvalue weighted by atomic mass is 32.2. The second kappa shape index (κ2) is 7.90. The zero-order valence-electron chi connectivity index (χ0n) is 15.9. The Balaban J connectivity index is 1.51. The molecular formula is C21H20N4O2S. The van der Waals surface area contributed by atoms with Gasteiger partial charge in [0.05, 0.1) is 18.4 Å². The van der Waals surface area contributed by atoms with Crippen LogP contribution in [0.4, 0.5) is 0 Å². The lowest BCUT2D eigenvalue weighted by atomic mass is 10.1. The first kappa shape index (κ1) is 18.3. The van der Waals surface area contributed by atoms with Crippen LogP contribution in [0.15, 0.2) is 64.5 Å². The molecule has 142 valence electrons. The molecule has 0 aliphatic rings. The third-order valence-electron chi connectivity index (χ3n) is 4.52. The Kier molecular flexibility index (Phi) is 5.16. The first-order valence-electron chi connectivity index (χ1n) is 8.85. The highest BCUT2D eigenvalue weighted by molar-refractivity contribution is 7.98. The number of imidazole rings is 1. The van der Waals surface area contributed by atoms with Gasteiger partial charge in [-0.1, -0.05) is 35.1 Å². The van der Waals surface area contributed by atoms with Gasteiger partial charge in [-0.3, -0.25) is 4.57 Å². The van der Waals surface area contributed by atoms with E-state index in [1.807, 2.05) is 30.5 Å². The molecule has 0 unspecified atom stereocenters. The molecule has 0 amide bonds. The molecule has 2 aromatic carbocycles. The smallest absolute Gasteiger partial charge is 0.237 e. The van der Waals surface area contributed by atoms with E-state index in [-0.39, 0.29) is 0 Å². The van der Waals surface area contributed by atoms with E-state index in [0.29, 0.717) is 23.2 Å². The first-order valence-corrected chi connectivity index (χ1v) is 9.84. The van der Waals surface area contributed by atoms with Crippen molar-refractivity contribution in [3.05, 3.63) is 71.9 Å². The summed E-state index contributed by atoms with van der Waals surface area (Å²) in [6.07, 6.45) is 3.76. The van der Waals surface area contributed by atoms with Gasteiger partial charge in [0.25, 0.3) is 0 Å². The number of para-hydroxylation sites is 1. The maximum Gasteiger partial charge on any atom is 0.237 e. The van der Waals surface area contributed by atoms with Gasteiger partial charge in [0, 0.05) is 18.1 Å². The number of thioether (sulfide) groups is 1. The number of ether oxygens (including phenoxy) is 1. The van der Waals surface area contributed by atoms with Crippen molar-refractivity contribution in [3.63, 3.8) is 0 Å². The molecule has 0 fully saturated rings. The fraction of sp³-hybridized carbons (Fsp3) is 0.190. The molecule has 4 rings (SSSR count). The number of aryl methyl sites for hydroxylation is 2. The van der Waals surface area contributed by atoms with Gasteiger partial charge in [0.15, 0.2) is 5.16 Å². The molecule has 0 aliphatic carbocycles. The van der Waals surface area contributed by atoms with Gasteiger partial charge in [-0.05, 0) is 49.2 Å². The molecule has 0 atom stereocenters. The summed E-state index contributed by atoms with van der Waals surface area (Å²) in [6, 6.07) is 14.0. The summed E-state index contributed by atoms with van der Waals surface area (Å²) in [4.78, 5) is 8.97. The van der Waals surface area contributed by atoms with E-state index in [1.54, 1.807) is 25.1 Å². The van der Waals surface area contributed by atoms with Crippen LogP contribution in [0, 0.1) is 13.8 Å². The highest BCUT2D eigenvalue weighted by Crippen LogP contribution is 2.29. The summed E-state index contributed by atoms with van der Waals surface area (Å²) in [5.41, 5.74) is 4.42. The van der Waals surface area contributed by atoms with Crippen molar-refractivity contribution >= 4 is 11.8 Å². The molecule has 0 radical (unpaired) electrons. The molecule has 0 saturated carbocycles. The Morgan fingerprint density at radius 1 is 1.11 bits per heavy atom. The molecule has 6 nitrogen and oxygen atoms in total. The second-order valence-electron chi connectivity index (χ2n) is 6.35. The van der Waals surface area contributed by atoms with Crippen LogP contribution in [0.25, 0.3) is 17.1 Å². The minimum absolute atomic E-state index is 0.519. The Morgan fingerprint density at radius 2 is 1.96 bits per heavy atom. The molecule has 7 heteroatoms. The summed E-state index contributed by atoms with van der Waals surface area (Å²) in [5.74, 6) is 2.31. The number of aromatic nitrogens is 4. The van der Waals surface area contributed by atoms with E-state index >= 15 is 0 Å². The van der Waals surface area contributed by atoms with Crippen molar-refractivity contribution in [2.75, 3.05) is 7.11 Å². The van der Waals surface area contributed by atoms with Gasteiger partial charge in [-0.2, -0.15) is 4.98 Å². The highest BCUT2D eigenvalue weighted by Gasteiger charge is 2.14. The molecule has 0 saturated heterocycles. The van der Waals surface area contributed by atoms with E-state index in [9.17, 15) is 0 Å². The number of nitrogens with zero attached hydrogens (tertiary/aromatic N) is 4. The number of benzene rings is 2. The Morgan fingerprint density at radius 3 is 2.79 bits per heavy atom. The average molecular weight is 392 g/mol. The predicted octanol–water partition coefficient (Wildman–Crippen LogP) is 4.84. The van der Waals surface area contributed by atoms with Crippen molar-refractivity contribution in [3.8, 4) is 22.8 Å². The van der Waals surface area contributed by atoms with Crippen molar-refractivity contribution in [2.45, 2.75) is 24.8 Å². The number of hydrogen-bond acceptors (Lipinski definition) is 6. The third-order valence-corrected chi connectivity index (χ3v) is 5.47. The maximum atomic E-state index is 5.42. The SMILES string of the molecule is COc1ccccc1-c1noc(CSc2nccn2-c2ccc(C)c(C)c2)n1. The molecule has 2 heterocycles. The van der Waals surface area contributed by atoms with Crippen LogP contribution in [0.2, 0.25) is 0 Å². The minimum Gasteiger partial charge on any atom is -0.496 e. The summed E-state index contributed by atoms with van der Waals surface area (Å²) >= 11 is 1.55. The zero-order valence-corrected chi connectivity index (χ0v) is 16.7. The molecule has 2 aromatic heterocycles. The van der Waals surface area contributed by atoms with Gasteiger partial charge in [0.1, 0.15) is 5.75 Å². The summed E-state index contributed by atoms with van der Waals surface area (Å²) < 4.78 is 12.9. The summed E-state index contributed by atoms with van der Waals surface area (Å²) in [6.45, 7) is 4.22. The quantitative estimate of drug-likeness (QED) is 0.438. The summed E-state index contributed by atoms with van der Waals surface area (Å²) in [5, 5.41) is 4.97. The van der Waals surface area contributed by atoms with Crippen LogP contribution >= 0.6 is 11.8 Å². The van der Waals surface area contributed by atoms with Crippen LogP contribution in [0.1, 0.15) is 17.0 Å². The van der Waals surface area contributed by atoms with Crippen LogP contribution in [0.3, 0.4) is 0 Å². The molecule has 0 bridgehead atoms. The number of rotatable bonds is 6. The predicted molar refractivity (Wildman–Crippen MR) is 109 cm³/mol. The Bertz CT molecular complexity index is 1100. The van der Waals surface area contributed by atoms with Crippen molar-refractivity contribution in [1.29, 1.82) is 0 Å². The molecular weight excluding hydrogens is 372 g/mol. The number of methoxy groups -OCH3 is 1. The zero-order chi connectivity index (χ0) is 19.5. The van der Waals surface area contributed by atoms with Crippen molar-refractivity contribution < 1.29 is 9.26 Å². The van der Waals surface area contributed by atoms with E-state index < -0.39 is 0 Å². The van der Waals surface area contributed by atoms with Crippen LogP contribution in [-0.2, 0) is 5.75 Å². The van der Waals surface area contributed by atoms with Gasteiger partial charge in [-0.25, -0.2) is 4.98 Å². The van der Waals surface area contributed by atoms with Crippen molar-refractivity contribution in [2.24, 2.45) is 0 Å². The lowest BCUT2D eigenvalue weighted by molar-refractivity contribution is 0.390. The molecule has 0 N–H and O–H groups in total. The van der Waals surface area contributed by atoms with Gasteiger partial charge < -0.3 is 9.26 Å². The third kappa shape index (κ3) is 3.66. The minimum atomic E-state index is 0.519. The monoisotopic (exact) mass is 392 g/mol. The first-order chi connectivity index (χ1) is 13.7. The summed E-state index contributed by atoms with van der Waals surface area (Å²) in [7, 11) is 1.63. The fourth-order valence-electron chi connectivity index (χ4n) is 2.85. The van der Waals surface area contributed by atoms with Gasteiger partial charge >= 0.3 is 0 Å². The lowest BCUT2D eigenvalue weighted by Gasteiger charge is -2.09.